The van der Waals surface area contributed by atoms with Crippen LogP contribution >= 0.6 is 0 Å². The lowest BCUT2D eigenvalue weighted by atomic mass is 10.1. The van der Waals surface area contributed by atoms with E-state index in [0.717, 1.165) is 13.0 Å². The summed E-state index contributed by atoms with van der Waals surface area (Å²) in [6.45, 7) is 0.807. The number of aromatic amines is 1. The van der Waals surface area contributed by atoms with Gasteiger partial charge >= 0.3 is 11.9 Å². The predicted octanol–water partition coefficient (Wildman–Crippen LogP) is 0.885. The summed E-state index contributed by atoms with van der Waals surface area (Å²) >= 11 is 0. The summed E-state index contributed by atoms with van der Waals surface area (Å²) in [5.74, 6) is 2.71. The highest BCUT2D eigenvalue weighted by molar-refractivity contribution is 5.89. The molecule has 1 aromatic heterocycles. The summed E-state index contributed by atoms with van der Waals surface area (Å²) in [5, 5.41) is 16.9. The molecule has 112 valence electrons. The molecule has 0 unspecified atom stereocenters. The third kappa shape index (κ3) is 5.89. The van der Waals surface area contributed by atoms with Crippen molar-refractivity contribution in [2.45, 2.75) is 6.42 Å². The van der Waals surface area contributed by atoms with Crippen LogP contribution < -0.4 is 11.3 Å². The van der Waals surface area contributed by atoms with E-state index in [9.17, 15) is 9.59 Å². The summed E-state index contributed by atoms with van der Waals surface area (Å²) in [7, 11) is 0. The van der Waals surface area contributed by atoms with Crippen LogP contribution in [0, 0.1) is 0 Å². The summed E-state index contributed by atoms with van der Waals surface area (Å²) in [4.78, 5) is 22.3. The lowest BCUT2D eigenvalue weighted by Gasteiger charge is -1.97. The first kappa shape index (κ1) is 16.4. The molecule has 2 rings (SSSR count). The van der Waals surface area contributed by atoms with E-state index in [1.54, 1.807) is 0 Å². The number of aliphatic carboxylic acids is 2. The zero-order chi connectivity index (χ0) is 15.7. The lowest BCUT2D eigenvalue weighted by molar-refractivity contribution is -0.134. The SMILES string of the molecule is NNCCc1c[nH]c2ccccc12.O=C(O)C=CC(=O)O. The molecule has 0 radical (unpaired) electrons. The van der Waals surface area contributed by atoms with Crippen LogP contribution in [0.1, 0.15) is 5.56 Å². The van der Waals surface area contributed by atoms with Crippen molar-refractivity contribution in [2.75, 3.05) is 6.54 Å². The molecule has 1 aromatic carbocycles. The van der Waals surface area contributed by atoms with Gasteiger partial charge in [0.15, 0.2) is 0 Å². The van der Waals surface area contributed by atoms with Gasteiger partial charge in [0.1, 0.15) is 0 Å². The largest absolute Gasteiger partial charge is 0.478 e. The molecule has 0 saturated heterocycles. The Labute approximate surface area is 121 Å². The zero-order valence-electron chi connectivity index (χ0n) is 11.2. The van der Waals surface area contributed by atoms with Crippen molar-refractivity contribution in [3.8, 4) is 0 Å². The molecule has 21 heavy (non-hydrogen) atoms. The number of H-pyrrole nitrogens is 1. The number of rotatable bonds is 5. The fraction of sp³-hybridized carbons (Fsp3) is 0.143. The topological polar surface area (TPSA) is 128 Å². The Balaban J connectivity index is 0.000000240. The van der Waals surface area contributed by atoms with E-state index in [-0.39, 0.29) is 0 Å². The molecule has 7 heteroatoms. The lowest BCUT2D eigenvalue weighted by Crippen LogP contribution is -2.24. The van der Waals surface area contributed by atoms with Crippen LogP contribution in [0.25, 0.3) is 10.9 Å². The van der Waals surface area contributed by atoms with E-state index in [4.69, 9.17) is 16.1 Å². The number of hydrogen-bond donors (Lipinski definition) is 5. The standard InChI is InChI=1S/C10H13N3.C4H4O4/c11-13-6-5-8-7-12-10-4-2-1-3-9(8)10;5-3(6)1-2-4(7)8/h1-4,7,12-13H,5-6,11H2;1-2H,(H,5,6)(H,7,8). The van der Waals surface area contributed by atoms with E-state index in [1.807, 2.05) is 12.3 Å². The Bertz CT molecular complexity index is 618. The van der Waals surface area contributed by atoms with Crippen molar-refractivity contribution in [3.05, 3.63) is 48.2 Å². The Morgan fingerprint density at radius 2 is 1.81 bits per heavy atom. The number of para-hydroxylation sites is 1. The second-order valence-corrected chi connectivity index (χ2v) is 4.07. The third-order valence-electron chi connectivity index (χ3n) is 2.58. The average molecular weight is 291 g/mol. The molecule has 0 saturated carbocycles. The van der Waals surface area contributed by atoms with E-state index < -0.39 is 11.9 Å². The number of hydrogen-bond acceptors (Lipinski definition) is 4. The van der Waals surface area contributed by atoms with Gasteiger partial charge in [0, 0.05) is 35.8 Å². The molecule has 7 nitrogen and oxygen atoms in total. The number of nitrogens with two attached hydrogens (primary N) is 1. The van der Waals surface area contributed by atoms with E-state index in [2.05, 4.69) is 28.6 Å². The second kappa shape index (κ2) is 8.51. The van der Waals surface area contributed by atoms with Gasteiger partial charge in [-0.05, 0) is 18.1 Å². The minimum Gasteiger partial charge on any atom is -0.478 e. The highest BCUT2D eigenvalue weighted by Gasteiger charge is 2.00. The predicted molar refractivity (Wildman–Crippen MR) is 78.6 cm³/mol. The molecule has 0 aliphatic heterocycles. The van der Waals surface area contributed by atoms with Gasteiger partial charge in [-0.25, -0.2) is 9.59 Å². The van der Waals surface area contributed by atoms with Crippen LogP contribution in [-0.2, 0) is 16.0 Å². The van der Waals surface area contributed by atoms with E-state index >= 15 is 0 Å². The van der Waals surface area contributed by atoms with Gasteiger partial charge in [-0.1, -0.05) is 18.2 Å². The summed E-state index contributed by atoms with van der Waals surface area (Å²) in [6, 6.07) is 8.28. The number of carboxylic acids is 2. The van der Waals surface area contributed by atoms with Crippen LogP contribution in [0.5, 0.6) is 0 Å². The van der Waals surface area contributed by atoms with Gasteiger partial charge in [0.2, 0.25) is 0 Å². The maximum absolute atomic E-state index is 9.55. The van der Waals surface area contributed by atoms with Crippen molar-refractivity contribution >= 4 is 22.8 Å². The molecule has 0 bridgehead atoms. The normalized spacial score (nSPS) is 10.3. The number of nitrogens with one attached hydrogen (secondary N) is 2. The average Bonchev–Trinajstić information content (AvgIpc) is 2.87. The first-order valence-corrected chi connectivity index (χ1v) is 6.17. The smallest absolute Gasteiger partial charge is 0.328 e. The molecule has 0 atom stereocenters. The Kier molecular flexibility index (Phi) is 6.66. The van der Waals surface area contributed by atoms with Crippen LogP contribution in [0.2, 0.25) is 0 Å². The maximum Gasteiger partial charge on any atom is 0.328 e. The van der Waals surface area contributed by atoms with Gasteiger partial charge < -0.3 is 15.2 Å². The summed E-state index contributed by atoms with van der Waals surface area (Å²) in [6.07, 6.45) is 4.12. The first-order chi connectivity index (χ1) is 10.0. The molecule has 1 heterocycles. The third-order valence-corrected chi connectivity index (χ3v) is 2.58. The quantitative estimate of drug-likeness (QED) is 0.316. The maximum atomic E-state index is 9.55. The highest BCUT2D eigenvalue weighted by atomic mass is 16.4. The first-order valence-electron chi connectivity index (χ1n) is 6.17. The van der Waals surface area contributed by atoms with Gasteiger partial charge in [-0.2, -0.15) is 0 Å². The van der Waals surface area contributed by atoms with Gasteiger partial charge in [0.25, 0.3) is 0 Å². The van der Waals surface area contributed by atoms with Crippen LogP contribution in [0.3, 0.4) is 0 Å². The zero-order valence-corrected chi connectivity index (χ0v) is 11.2. The molecular weight excluding hydrogens is 274 g/mol. The fourth-order valence-electron chi connectivity index (χ4n) is 1.69. The van der Waals surface area contributed by atoms with Crippen molar-refractivity contribution in [2.24, 2.45) is 5.84 Å². The number of hydrazine groups is 1. The fourth-order valence-corrected chi connectivity index (χ4v) is 1.69. The highest BCUT2D eigenvalue weighted by Crippen LogP contribution is 2.17. The van der Waals surface area contributed by atoms with Crippen molar-refractivity contribution < 1.29 is 19.8 Å². The monoisotopic (exact) mass is 291 g/mol. The molecule has 0 aliphatic carbocycles. The van der Waals surface area contributed by atoms with Crippen LogP contribution in [0.15, 0.2) is 42.6 Å². The van der Waals surface area contributed by atoms with Crippen molar-refractivity contribution in [1.82, 2.24) is 10.4 Å². The number of carbonyl (C=O) groups is 2. The number of aromatic nitrogens is 1. The molecule has 0 fully saturated rings. The number of fused-ring (bicyclic) bond motifs is 1. The van der Waals surface area contributed by atoms with Crippen LogP contribution in [-0.4, -0.2) is 33.7 Å². The second-order valence-electron chi connectivity index (χ2n) is 4.07. The molecule has 0 spiro atoms. The van der Waals surface area contributed by atoms with E-state index in [1.165, 1.54) is 16.5 Å². The van der Waals surface area contributed by atoms with Gasteiger partial charge in [0.05, 0.1) is 0 Å². The number of carboxylic acid groups (broad SMARTS) is 2. The molecule has 6 N–H and O–H groups in total. The summed E-state index contributed by atoms with van der Waals surface area (Å²) < 4.78 is 0. The number of benzene rings is 1. The Morgan fingerprint density at radius 1 is 1.19 bits per heavy atom. The summed E-state index contributed by atoms with van der Waals surface area (Å²) in [5.41, 5.74) is 5.16. The molecule has 0 aliphatic rings. The van der Waals surface area contributed by atoms with Crippen molar-refractivity contribution in [1.29, 1.82) is 0 Å². The van der Waals surface area contributed by atoms with Gasteiger partial charge in [-0.15, -0.1) is 0 Å². The van der Waals surface area contributed by atoms with Gasteiger partial charge in [-0.3, -0.25) is 11.3 Å². The van der Waals surface area contributed by atoms with Crippen LogP contribution in [0.4, 0.5) is 0 Å². The molecular formula is C14H17N3O4. The Hall–Kier alpha value is -2.64. The minimum absolute atomic E-state index is 0.558. The minimum atomic E-state index is -1.26. The molecule has 0 amide bonds. The van der Waals surface area contributed by atoms with E-state index in [0.29, 0.717) is 12.2 Å². The molecule has 2 aromatic rings. The Morgan fingerprint density at radius 3 is 2.38 bits per heavy atom. The van der Waals surface area contributed by atoms with Crippen molar-refractivity contribution in [3.63, 3.8) is 0 Å².